The summed E-state index contributed by atoms with van der Waals surface area (Å²) < 4.78 is 0. The first kappa shape index (κ1) is 16.5. The van der Waals surface area contributed by atoms with Gasteiger partial charge in [-0.25, -0.2) is 9.59 Å². The maximum Gasteiger partial charge on any atom is 0.329 e. The van der Waals surface area contributed by atoms with E-state index in [2.05, 4.69) is 16.9 Å². The highest BCUT2D eigenvalue weighted by atomic mass is 32.2. The second-order valence-electron chi connectivity index (χ2n) is 6.21. The molecule has 0 saturated heterocycles. The lowest BCUT2D eigenvalue weighted by Crippen LogP contribution is -2.58. The molecule has 0 radical (unpaired) electrons. The Kier molecular flexibility index (Phi) is 5.79. The number of hydrogen-bond acceptors (Lipinski definition) is 3. The molecule has 2 rings (SSSR count). The molecule has 120 valence electrons. The van der Waals surface area contributed by atoms with Crippen LogP contribution in [0, 0.1) is 0 Å². The van der Waals surface area contributed by atoms with Crippen molar-refractivity contribution in [2.24, 2.45) is 0 Å². The Morgan fingerprint density at radius 2 is 1.76 bits per heavy atom. The summed E-state index contributed by atoms with van der Waals surface area (Å²) in [5.41, 5.74) is -1.08. The van der Waals surface area contributed by atoms with E-state index in [4.69, 9.17) is 0 Å². The van der Waals surface area contributed by atoms with Crippen molar-refractivity contribution in [3.8, 4) is 0 Å². The van der Waals surface area contributed by atoms with Crippen LogP contribution in [0.25, 0.3) is 0 Å². The fraction of sp³-hybridized carbons (Fsp3) is 0.867. The van der Waals surface area contributed by atoms with Gasteiger partial charge < -0.3 is 15.7 Å². The van der Waals surface area contributed by atoms with E-state index in [0.29, 0.717) is 18.1 Å². The summed E-state index contributed by atoms with van der Waals surface area (Å²) >= 11 is 1.78. The lowest BCUT2D eigenvalue weighted by molar-refractivity contribution is -0.145. The molecule has 21 heavy (non-hydrogen) atoms. The van der Waals surface area contributed by atoms with E-state index in [1.165, 1.54) is 0 Å². The van der Waals surface area contributed by atoms with Gasteiger partial charge in [0, 0.05) is 11.3 Å². The van der Waals surface area contributed by atoms with Gasteiger partial charge >= 0.3 is 12.0 Å². The van der Waals surface area contributed by atoms with Crippen LogP contribution in [0.15, 0.2) is 0 Å². The number of urea groups is 1. The van der Waals surface area contributed by atoms with Crippen LogP contribution < -0.4 is 10.6 Å². The highest BCUT2D eigenvalue weighted by Crippen LogP contribution is 2.29. The van der Waals surface area contributed by atoms with E-state index in [9.17, 15) is 14.7 Å². The molecule has 0 bridgehead atoms. The van der Waals surface area contributed by atoms with Crippen molar-refractivity contribution in [1.82, 2.24) is 10.6 Å². The van der Waals surface area contributed by atoms with E-state index >= 15 is 0 Å². The van der Waals surface area contributed by atoms with Crippen LogP contribution in [-0.2, 0) is 4.79 Å². The topological polar surface area (TPSA) is 78.4 Å². The van der Waals surface area contributed by atoms with Crippen molar-refractivity contribution in [3.63, 3.8) is 0 Å². The molecule has 0 heterocycles. The van der Waals surface area contributed by atoms with Crippen molar-refractivity contribution < 1.29 is 14.7 Å². The molecular formula is C15H26N2O3S. The Morgan fingerprint density at radius 3 is 2.33 bits per heavy atom. The molecule has 0 aliphatic heterocycles. The molecule has 6 heteroatoms. The van der Waals surface area contributed by atoms with E-state index in [1.54, 1.807) is 11.8 Å². The number of amides is 2. The minimum atomic E-state index is -1.08. The van der Waals surface area contributed by atoms with Crippen LogP contribution in [0.5, 0.6) is 0 Å². The predicted molar refractivity (Wildman–Crippen MR) is 84.7 cm³/mol. The smallest absolute Gasteiger partial charge is 0.329 e. The summed E-state index contributed by atoms with van der Waals surface area (Å²) in [6.45, 7) is 0. The first-order chi connectivity index (χ1) is 10.1. The van der Waals surface area contributed by atoms with Crippen molar-refractivity contribution >= 4 is 23.8 Å². The third-order valence-corrected chi connectivity index (χ3v) is 5.96. The first-order valence-corrected chi connectivity index (χ1v) is 9.21. The summed E-state index contributed by atoms with van der Waals surface area (Å²) in [5.74, 6) is -0.896. The van der Waals surface area contributed by atoms with Crippen molar-refractivity contribution in [1.29, 1.82) is 0 Å². The van der Waals surface area contributed by atoms with Crippen LogP contribution in [0.2, 0.25) is 0 Å². The van der Waals surface area contributed by atoms with Gasteiger partial charge in [0.2, 0.25) is 0 Å². The Balaban J connectivity index is 1.96. The number of aliphatic carboxylic acids is 1. The maximum absolute atomic E-state index is 12.3. The molecule has 0 spiro atoms. The fourth-order valence-corrected chi connectivity index (χ4v) is 4.45. The summed E-state index contributed by atoms with van der Waals surface area (Å²) in [4.78, 5) is 23.9. The number of rotatable bonds is 4. The van der Waals surface area contributed by atoms with Crippen molar-refractivity contribution in [2.75, 3.05) is 6.26 Å². The molecular weight excluding hydrogens is 288 g/mol. The normalized spacial score (nSPS) is 28.6. The molecule has 2 saturated carbocycles. The fourth-order valence-electron chi connectivity index (χ4n) is 3.52. The number of carboxylic acid groups (broad SMARTS) is 1. The number of carboxylic acids is 1. The first-order valence-electron chi connectivity index (χ1n) is 7.92. The summed E-state index contributed by atoms with van der Waals surface area (Å²) in [7, 11) is 0. The number of hydrogen-bond donors (Lipinski definition) is 3. The highest BCUT2D eigenvalue weighted by molar-refractivity contribution is 7.99. The van der Waals surface area contributed by atoms with Gasteiger partial charge in [0.25, 0.3) is 0 Å². The lowest BCUT2D eigenvalue weighted by Gasteiger charge is -2.30. The van der Waals surface area contributed by atoms with E-state index < -0.39 is 11.5 Å². The molecule has 0 aromatic heterocycles. The molecule has 0 aromatic rings. The van der Waals surface area contributed by atoms with Gasteiger partial charge in [-0.3, -0.25) is 0 Å². The number of nitrogens with one attached hydrogen (secondary N) is 2. The molecule has 0 aromatic carbocycles. The highest BCUT2D eigenvalue weighted by Gasteiger charge is 2.40. The number of carbonyl (C=O) groups is 2. The molecule has 3 N–H and O–H groups in total. The van der Waals surface area contributed by atoms with E-state index in [-0.39, 0.29) is 12.1 Å². The van der Waals surface area contributed by atoms with E-state index in [0.717, 1.165) is 44.9 Å². The van der Waals surface area contributed by atoms with Crippen LogP contribution >= 0.6 is 11.8 Å². The largest absolute Gasteiger partial charge is 0.480 e. The average Bonchev–Trinajstić information content (AvgIpc) is 2.74. The molecule has 2 fully saturated rings. The molecule has 2 aliphatic carbocycles. The standard InChI is InChI=1S/C15H26N2O3S/c1-21-12-8-6-7-11(12)16-14(20)17-15(13(18)19)9-4-2-3-5-10-15/h11-12H,2-10H2,1H3,(H,18,19)(H2,16,17,20). The SMILES string of the molecule is CSC1CCCC1NC(=O)NC1(C(=O)O)CCCCCC1. The molecule has 2 atom stereocenters. The monoisotopic (exact) mass is 314 g/mol. The van der Waals surface area contributed by atoms with E-state index in [1.807, 2.05) is 0 Å². The Morgan fingerprint density at radius 1 is 1.10 bits per heavy atom. The third-order valence-electron chi connectivity index (χ3n) is 4.79. The summed E-state index contributed by atoms with van der Waals surface area (Å²) in [6.07, 6.45) is 10.2. The Labute approximate surface area is 130 Å². The summed E-state index contributed by atoms with van der Waals surface area (Å²) in [5, 5.41) is 15.8. The van der Waals surface area contributed by atoms with Gasteiger partial charge in [0.1, 0.15) is 5.54 Å². The van der Waals surface area contributed by atoms with Crippen LogP contribution in [0.1, 0.15) is 57.8 Å². The zero-order chi connectivity index (χ0) is 15.3. The third kappa shape index (κ3) is 4.05. The van der Waals surface area contributed by atoms with Gasteiger partial charge in [0.05, 0.1) is 0 Å². The van der Waals surface area contributed by atoms with Gasteiger partial charge in [-0.1, -0.05) is 32.1 Å². The molecule has 2 unspecified atom stereocenters. The quantitative estimate of drug-likeness (QED) is 0.697. The van der Waals surface area contributed by atoms with Gasteiger partial charge in [0.15, 0.2) is 0 Å². The Bertz CT molecular complexity index is 381. The second kappa shape index (κ2) is 7.38. The minimum absolute atomic E-state index is 0.164. The van der Waals surface area contributed by atoms with Gasteiger partial charge in [-0.05, 0) is 31.9 Å². The second-order valence-corrected chi connectivity index (χ2v) is 7.29. The predicted octanol–water partition coefficient (Wildman–Crippen LogP) is 2.75. The molecule has 2 amide bonds. The number of thioether (sulfide) groups is 1. The van der Waals surface area contributed by atoms with Crippen LogP contribution in [0.3, 0.4) is 0 Å². The molecule has 2 aliphatic rings. The van der Waals surface area contributed by atoms with Crippen molar-refractivity contribution in [2.45, 2.75) is 74.6 Å². The van der Waals surface area contributed by atoms with Crippen LogP contribution in [-0.4, -0.2) is 40.2 Å². The lowest BCUT2D eigenvalue weighted by atomic mass is 9.90. The van der Waals surface area contributed by atoms with Gasteiger partial charge in [-0.2, -0.15) is 11.8 Å². The number of carbonyl (C=O) groups excluding carboxylic acids is 1. The average molecular weight is 314 g/mol. The van der Waals surface area contributed by atoms with Crippen LogP contribution in [0.4, 0.5) is 4.79 Å². The maximum atomic E-state index is 12.3. The zero-order valence-electron chi connectivity index (χ0n) is 12.7. The Hall–Kier alpha value is -0.910. The van der Waals surface area contributed by atoms with Crippen molar-refractivity contribution in [3.05, 3.63) is 0 Å². The zero-order valence-corrected chi connectivity index (χ0v) is 13.5. The minimum Gasteiger partial charge on any atom is -0.480 e. The van der Waals surface area contributed by atoms with Gasteiger partial charge in [-0.15, -0.1) is 0 Å². The molecule has 5 nitrogen and oxygen atoms in total. The summed E-state index contributed by atoms with van der Waals surface area (Å²) in [6, 6.07) is -0.151.